The van der Waals surface area contributed by atoms with Crippen LogP contribution in [0.3, 0.4) is 0 Å². The highest BCUT2D eigenvalue weighted by atomic mass is 16.5. The van der Waals surface area contributed by atoms with Gasteiger partial charge in [0, 0.05) is 24.9 Å². The quantitative estimate of drug-likeness (QED) is 0.641. The van der Waals surface area contributed by atoms with Crippen LogP contribution >= 0.6 is 0 Å². The molecule has 2 aromatic carbocycles. The van der Waals surface area contributed by atoms with E-state index in [2.05, 4.69) is 17.4 Å². The van der Waals surface area contributed by atoms with Crippen molar-refractivity contribution < 1.29 is 24.2 Å². The van der Waals surface area contributed by atoms with Crippen LogP contribution in [0.2, 0.25) is 0 Å². The summed E-state index contributed by atoms with van der Waals surface area (Å²) in [4.78, 5) is 37.0. The molecule has 1 atom stereocenters. The van der Waals surface area contributed by atoms with Crippen molar-refractivity contribution in [3.05, 3.63) is 59.7 Å². The van der Waals surface area contributed by atoms with Gasteiger partial charge in [0.2, 0.25) is 5.91 Å². The summed E-state index contributed by atoms with van der Waals surface area (Å²) in [6.45, 7) is 3.79. The van der Waals surface area contributed by atoms with E-state index in [4.69, 9.17) is 9.84 Å². The van der Waals surface area contributed by atoms with Crippen LogP contribution < -0.4 is 5.32 Å². The molecule has 0 fully saturated rings. The van der Waals surface area contributed by atoms with Crippen LogP contribution in [-0.2, 0) is 14.3 Å². The number of ether oxygens (including phenoxy) is 1. The van der Waals surface area contributed by atoms with E-state index >= 15 is 0 Å². The minimum atomic E-state index is -1.06. The lowest BCUT2D eigenvalue weighted by atomic mass is 9.98. The first-order valence-electron chi connectivity index (χ1n) is 10.5. The van der Waals surface area contributed by atoms with Gasteiger partial charge in [-0.05, 0) is 35.6 Å². The second-order valence-electron chi connectivity index (χ2n) is 7.78. The standard InChI is InChI=1S/C24H28N2O5/c1-3-12-26(14-23(28)29)22(27)13-16(2)25-24(30)31-15-21-19-10-6-4-8-17(19)18-9-5-7-11-20(18)21/h4-11,16,21H,3,12-15H2,1-2H3,(H,25,30)(H,28,29)/t16-/m1/s1. The van der Waals surface area contributed by atoms with Crippen molar-refractivity contribution in [2.45, 2.75) is 38.6 Å². The minimum absolute atomic E-state index is 0.0114. The van der Waals surface area contributed by atoms with Gasteiger partial charge in [0.25, 0.3) is 0 Å². The Morgan fingerprint density at radius 2 is 1.65 bits per heavy atom. The monoisotopic (exact) mass is 424 g/mol. The normalized spacial score (nSPS) is 13.1. The minimum Gasteiger partial charge on any atom is -0.480 e. The Hall–Kier alpha value is -3.35. The summed E-state index contributed by atoms with van der Waals surface area (Å²) >= 11 is 0. The topological polar surface area (TPSA) is 95.9 Å². The number of rotatable bonds is 9. The zero-order chi connectivity index (χ0) is 22.4. The first-order valence-corrected chi connectivity index (χ1v) is 10.5. The molecule has 0 bridgehead atoms. The Bertz CT molecular complexity index is 913. The Balaban J connectivity index is 1.56. The number of alkyl carbamates (subject to hydrolysis) is 1. The zero-order valence-corrected chi connectivity index (χ0v) is 17.8. The van der Waals surface area contributed by atoms with Crippen LogP contribution in [0.25, 0.3) is 11.1 Å². The number of amides is 2. The molecular weight excluding hydrogens is 396 g/mol. The number of carbonyl (C=O) groups excluding carboxylic acids is 2. The van der Waals surface area contributed by atoms with Crippen LogP contribution in [0.15, 0.2) is 48.5 Å². The number of nitrogens with one attached hydrogen (secondary N) is 1. The summed E-state index contributed by atoms with van der Waals surface area (Å²) in [6, 6.07) is 15.7. The first kappa shape index (κ1) is 22.3. The highest BCUT2D eigenvalue weighted by Gasteiger charge is 2.29. The van der Waals surface area contributed by atoms with E-state index in [0.29, 0.717) is 13.0 Å². The Labute approximate surface area is 182 Å². The van der Waals surface area contributed by atoms with Crippen LogP contribution in [-0.4, -0.2) is 53.7 Å². The zero-order valence-electron chi connectivity index (χ0n) is 17.8. The number of hydrogen-bond acceptors (Lipinski definition) is 4. The second kappa shape index (κ2) is 10.1. The van der Waals surface area contributed by atoms with Crippen LogP contribution in [0, 0.1) is 0 Å². The summed E-state index contributed by atoms with van der Waals surface area (Å²) in [5, 5.41) is 11.6. The predicted octanol–water partition coefficient (Wildman–Crippen LogP) is 3.63. The smallest absolute Gasteiger partial charge is 0.407 e. The van der Waals surface area contributed by atoms with E-state index < -0.39 is 18.1 Å². The number of carboxylic acid groups (broad SMARTS) is 1. The Kier molecular flexibility index (Phi) is 7.28. The van der Waals surface area contributed by atoms with Crippen LogP contribution in [0.4, 0.5) is 4.79 Å². The lowest BCUT2D eigenvalue weighted by molar-refractivity contribution is -0.144. The van der Waals surface area contributed by atoms with Crippen molar-refractivity contribution in [1.82, 2.24) is 10.2 Å². The van der Waals surface area contributed by atoms with E-state index in [1.54, 1.807) is 6.92 Å². The molecule has 0 saturated carbocycles. The van der Waals surface area contributed by atoms with Gasteiger partial charge in [-0.15, -0.1) is 0 Å². The van der Waals surface area contributed by atoms with Crippen molar-refractivity contribution in [1.29, 1.82) is 0 Å². The fourth-order valence-electron chi connectivity index (χ4n) is 4.01. The number of fused-ring (bicyclic) bond motifs is 3. The fraction of sp³-hybridized carbons (Fsp3) is 0.375. The molecule has 2 amide bonds. The highest BCUT2D eigenvalue weighted by Crippen LogP contribution is 2.44. The molecule has 0 aliphatic heterocycles. The Morgan fingerprint density at radius 1 is 1.06 bits per heavy atom. The first-order chi connectivity index (χ1) is 14.9. The van der Waals surface area contributed by atoms with Gasteiger partial charge in [0.1, 0.15) is 13.2 Å². The van der Waals surface area contributed by atoms with E-state index in [1.807, 2.05) is 43.3 Å². The average Bonchev–Trinajstić information content (AvgIpc) is 3.05. The molecule has 0 heterocycles. The van der Waals surface area contributed by atoms with Gasteiger partial charge in [-0.1, -0.05) is 55.5 Å². The molecule has 2 N–H and O–H groups in total. The van der Waals surface area contributed by atoms with E-state index in [0.717, 1.165) is 22.3 Å². The van der Waals surface area contributed by atoms with E-state index in [9.17, 15) is 14.4 Å². The molecule has 1 aliphatic rings. The third-order valence-electron chi connectivity index (χ3n) is 5.36. The number of nitrogens with zero attached hydrogens (tertiary/aromatic N) is 1. The van der Waals surface area contributed by atoms with Gasteiger partial charge < -0.3 is 20.1 Å². The third-order valence-corrected chi connectivity index (χ3v) is 5.36. The van der Waals surface area contributed by atoms with Crippen LogP contribution in [0.1, 0.15) is 43.7 Å². The molecule has 0 unspecified atom stereocenters. The summed E-state index contributed by atoms with van der Waals surface area (Å²) in [6.07, 6.45) is 0.0763. The van der Waals surface area contributed by atoms with Gasteiger partial charge in [0.05, 0.1) is 0 Å². The maximum absolute atomic E-state index is 12.4. The highest BCUT2D eigenvalue weighted by molar-refractivity contribution is 5.82. The van der Waals surface area contributed by atoms with Crippen molar-refractivity contribution in [2.24, 2.45) is 0 Å². The molecule has 31 heavy (non-hydrogen) atoms. The van der Waals surface area contributed by atoms with Crippen molar-refractivity contribution in [3.63, 3.8) is 0 Å². The number of benzene rings is 2. The molecule has 3 rings (SSSR count). The molecule has 1 aliphatic carbocycles. The molecular formula is C24H28N2O5. The molecule has 7 nitrogen and oxygen atoms in total. The summed E-state index contributed by atoms with van der Waals surface area (Å²) in [5.74, 6) is -1.40. The number of carboxylic acids is 1. The number of aliphatic carboxylic acids is 1. The molecule has 7 heteroatoms. The van der Waals surface area contributed by atoms with Crippen molar-refractivity contribution >= 4 is 18.0 Å². The number of hydrogen-bond donors (Lipinski definition) is 2. The molecule has 2 aromatic rings. The van der Waals surface area contributed by atoms with E-state index in [-0.39, 0.29) is 31.4 Å². The lowest BCUT2D eigenvalue weighted by Crippen LogP contribution is -2.41. The third kappa shape index (κ3) is 5.42. The predicted molar refractivity (Wildman–Crippen MR) is 117 cm³/mol. The molecule has 164 valence electrons. The average molecular weight is 424 g/mol. The van der Waals surface area contributed by atoms with E-state index in [1.165, 1.54) is 4.90 Å². The molecule has 0 saturated heterocycles. The summed E-state index contributed by atoms with van der Waals surface area (Å²) in [5.41, 5.74) is 4.56. The fourth-order valence-corrected chi connectivity index (χ4v) is 4.01. The SMILES string of the molecule is CCCN(CC(=O)O)C(=O)C[C@@H](C)NC(=O)OCC1c2ccccc2-c2ccccc21. The Morgan fingerprint density at radius 3 is 2.19 bits per heavy atom. The summed E-state index contributed by atoms with van der Waals surface area (Å²) in [7, 11) is 0. The molecule has 0 aromatic heterocycles. The van der Waals surface area contributed by atoms with Crippen LogP contribution in [0.5, 0.6) is 0 Å². The molecule has 0 radical (unpaired) electrons. The lowest BCUT2D eigenvalue weighted by Gasteiger charge is -2.22. The van der Waals surface area contributed by atoms with Crippen molar-refractivity contribution in [3.8, 4) is 11.1 Å². The van der Waals surface area contributed by atoms with Gasteiger partial charge in [0.15, 0.2) is 0 Å². The summed E-state index contributed by atoms with van der Waals surface area (Å²) < 4.78 is 5.50. The van der Waals surface area contributed by atoms with Gasteiger partial charge in [-0.25, -0.2) is 4.79 Å². The maximum Gasteiger partial charge on any atom is 0.407 e. The molecule has 0 spiro atoms. The van der Waals surface area contributed by atoms with Gasteiger partial charge in [-0.3, -0.25) is 9.59 Å². The maximum atomic E-state index is 12.4. The largest absolute Gasteiger partial charge is 0.480 e. The van der Waals surface area contributed by atoms with Gasteiger partial charge in [-0.2, -0.15) is 0 Å². The second-order valence-corrected chi connectivity index (χ2v) is 7.78. The number of carbonyl (C=O) groups is 3. The van der Waals surface area contributed by atoms with Crippen molar-refractivity contribution in [2.75, 3.05) is 19.7 Å². The van der Waals surface area contributed by atoms with Gasteiger partial charge >= 0.3 is 12.1 Å².